The maximum Gasteiger partial charge on any atom is 0.289 e. The van der Waals surface area contributed by atoms with E-state index in [9.17, 15) is 14.4 Å². The number of amides is 3. The molecular formula is C17H21N3O4S. The van der Waals surface area contributed by atoms with Crippen molar-refractivity contribution >= 4 is 34.5 Å². The van der Waals surface area contributed by atoms with Gasteiger partial charge in [0.2, 0.25) is 5.91 Å². The topological polar surface area (TPSA) is 87.7 Å². The van der Waals surface area contributed by atoms with Crippen molar-refractivity contribution in [3.8, 4) is 0 Å². The number of carbonyl (C=O) groups is 3. The van der Waals surface area contributed by atoms with E-state index in [2.05, 4.69) is 10.6 Å². The van der Waals surface area contributed by atoms with Crippen molar-refractivity contribution in [1.29, 1.82) is 0 Å². The van der Waals surface area contributed by atoms with Gasteiger partial charge in [0.1, 0.15) is 5.60 Å². The molecule has 25 heavy (non-hydrogen) atoms. The molecule has 0 aliphatic carbocycles. The number of nitrogens with one attached hydrogen (secondary N) is 2. The summed E-state index contributed by atoms with van der Waals surface area (Å²) in [5.74, 6) is -0.105. The number of ether oxygens (including phenoxy) is 1. The van der Waals surface area contributed by atoms with Crippen LogP contribution in [0.5, 0.6) is 0 Å². The lowest BCUT2D eigenvalue weighted by Crippen LogP contribution is -2.51. The lowest BCUT2D eigenvalue weighted by atomic mass is 9.91. The van der Waals surface area contributed by atoms with E-state index in [1.807, 2.05) is 0 Å². The molecule has 2 aliphatic heterocycles. The second-order valence-corrected chi connectivity index (χ2v) is 7.06. The van der Waals surface area contributed by atoms with E-state index in [-0.39, 0.29) is 29.4 Å². The zero-order valence-corrected chi connectivity index (χ0v) is 14.9. The highest BCUT2D eigenvalue weighted by atomic mass is 32.2. The molecule has 0 unspecified atom stereocenters. The maximum atomic E-state index is 12.6. The Bertz CT molecular complexity index is 655. The molecule has 1 aromatic rings. The average molecular weight is 363 g/mol. The molecule has 0 atom stereocenters. The third-order valence-corrected chi connectivity index (χ3v) is 5.47. The highest BCUT2D eigenvalue weighted by Crippen LogP contribution is 2.25. The number of anilines is 1. The lowest BCUT2D eigenvalue weighted by molar-refractivity contribution is -0.140. The van der Waals surface area contributed by atoms with Gasteiger partial charge in [0, 0.05) is 12.8 Å². The summed E-state index contributed by atoms with van der Waals surface area (Å²) in [6.07, 6.45) is 1.26. The van der Waals surface area contributed by atoms with E-state index in [1.54, 1.807) is 31.4 Å². The Balaban J connectivity index is 1.63. The summed E-state index contributed by atoms with van der Waals surface area (Å²) < 4.78 is 5.51. The first-order chi connectivity index (χ1) is 12.0. The number of rotatable bonds is 5. The first-order valence-corrected chi connectivity index (χ1v) is 9.16. The summed E-state index contributed by atoms with van der Waals surface area (Å²) in [6.45, 7) is 1.75. The molecule has 3 amide bonds. The Hall–Kier alpha value is -1.90. The van der Waals surface area contributed by atoms with E-state index in [1.165, 1.54) is 4.90 Å². The van der Waals surface area contributed by atoms with Gasteiger partial charge in [-0.15, -0.1) is 0 Å². The number of benzene rings is 1. The Morgan fingerprint density at radius 1 is 1.28 bits per heavy atom. The van der Waals surface area contributed by atoms with Gasteiger partial charge in [-0.3, -0.25) is 19.3 Å². The lowest BCUT2D eigenvalue weighted by Gasteiger charge is -2.34. The molecule has 3 rings (SSSR count). The molecule has 0 spiro atoms. The van der Waals surface area contributed by atoms with Crippen LogP contribution < -0.4 is 10.6 Å². The van der Waals surface area contributed by atoms with E-state index >= 15 is 0 Å². The fourth-order valence-corrected chi connectivity index (χ4v) is 3.73. The van der Waals surface area contributed by atoms with Crippen LogP contribution in [0.25, 0.3) is 0 Å². The molecule has 134 valence electrons. The molecule has 2 N–H and O–H groups in total. The van der Waals surface area contributed by atoms with Gasteiger partial charge in [-0.2, -0.15) is 0 Å². The summed E-state index contributed by atoms with van der Waals surface area (Å²) in [5, 5.41) is 5.91. The van der Waals surface area contributed by atoms with Gasteiger partial charge in [-0.25, -0.2) is 0 Å². The van der Waals surface area contributed by atoms with Crippen LogP contribution in [0, 0.1) is 0 Å². The van der Waals surface area contributed by atoms with Crippen LogP contribution in [0.1, 0.15) is 18.4 Å². The van der Waals surface area contributed by atoms with E-state index in [0.717, 1.165) is 30.4 Å². The van der Waals surface area contributed by atoms with Crippen molar-refractivity contribution in [2.24, 2.45) is 0 Å². The zero-order valence-electron chi connectivity index (χ0n) is 14.0. The number of methoxy groups -OCH3 is 1. The summed E-state index contributed by atoms with van der Waals surface area (Å²) in [7, 11) is 1.57. The molecule has 2 saturated heterocycles. The van der Waals surface area contributed by atoms with Crippen LogP contribution in [0.15, 0.2) is 24.3 Å². The monoisotopic (exact) mass is 363 g/mol. The third-order valence-electron chi connectivity index (χ3n) is 4.61. The van der Waals surface area contributed by atoms with Crippen molar-refractivity contribution in [1.82, 2.24) is 10.2 Å². The molecular weight excluding hydrogens is 342 g/mol. The van der Waals surface area contributed by atoms with Gasteiger partial charge in [-0.05, 0) is 43.6 Å². The largest absolute Gasteiger partial charge is 0.368 e. The number of nitrogens with zero attached hydrogens (tertiary/aromatic N) is 1. The summed E-state index contributed by atoms with van der Waals surface area (Å²) >= 11 is 1.02. The molecule has 0 bridgehead atoms. The minimum absolute atomic E-state index is 0.148. The molecule has 7 nitrogen and oxygen atoms in total. The van der Waals surface area contributed by atoms with Crippen LogP contribution >= 0.6 is 11.8 Å². The van der Waals surface area contributed by atoms with Crippen LogP contribution in [-0.4, -0.2) is 53.5 Å². The second-order valence-electron chi connectivity index (χ2n) is 6.13. The highest BCUT2D eigenvalue weighted by Gasteiger charge is 2.39. The molecule has 2 fully saturated rings. The summed E-state index contributed by atoms with van der Waals surface area (Å²) in [6, 6.07) is 7.16. The second kappa shape index (κ2) is 7.55. The first-order valence-electron chi connectivity index (χ1n) is 8.17. The number of hydrogen-bond donors (Lipinski definition) is 2. The number of hydrogen-bond acceptors (Lipinski definition) is 6. The number of carbonyl (C=O) groups excluding carboxylic acids is 3. The Labute approximate surface area is 150 Å². The standard InChI is InChI=1S/C17H21N3O4S/c1-24-17(6-8-18-9-7-17)15(22)19-13-4-2-12(3-5-13)10-20-14(21)11-25-16(20)23/h2-5,18H,6-11H2,1H3,(H,19,22). The highest BCUT2D eigenvalue weighted by molar-refractivity contribution is 8.14. The summed E-state index contributed by atoms with van der Waals surface area (Å²) in [4.78, 5) is 37.1. The van der Waals surface area contributed by atoms with Crippen LogP contribution in [0.2, 0.25) is 0 Å². The predicted molar refractivity (Wildman–Crippen MR) is 95.3 cm³/mol. The molecule has 8 heteroatoms. The maximum absolute atomic E-state index is 12.6. The average Bonchev–Trinajstić information content (AvgIpc) is 2.95. The van der Waals surface area contributed by atoms with Crippen molar-refractivity contribution in [2.45, 2.75) is 25.0 Å². The smallest absolute Gasteiger partial charge is 0.289 e. The zero-order chi connectivity index (χ0) is 17.9. The van der Waals surface area contributed by atoms with Gasteiger partial charge >= 0.3 is 0 Å². The van der Waals surface area contributed by atoms with Crippen molar-refractivity contribution in [2.75, 3.05) is 31.3 Å². The number of imide groups is 1. The molecule has 0 aromatic heterocycles. The van der Waals surface area contributed by atoms with E-state index in [0.29, 0.717) is 18.5 Å². The molecule has 2 aliphatic rings. The number of piperidine rings is 1. The van der Waals surface area contributed by atoms with Crippen LogP contribution in [0.3, 0.4) is 0 Å². The Morgan fingerprint density at radius 3 is 2.52 bits per heavy atom. The quantitative estimate of drug-likeness (QED) is 0.826. The molecule has 0 radical (unpaired) electrons. The van der Waals surface area contributed by atoms with Crippen LogP contribution in [-0.2, 0) is 20.9 Å². The minimum Gasteiger partial charge on any atom is -0.368 e. The normalized spacial score (nSPS) is 20.0. The first kappa shape index (κ1) is 17.9. The fraction of sp³-hybridized carbons (Fsp3) is 0.471. The van der Waals surface area contributed by atoms with E-state index in [4.69, 9.17) is 4.74 Å². The van der Waals surface area contributed by atoms with E-state index < -0.39 is 5.60 Å². The summed E-state index contributed by atoms with van der Waals surface area (Å²) in [5.41, 5.74) is 0.706. The van der Waals surface area contributed by atoms with Gasteiger partial charge in [0.25, 0.3) is 11.1 Å². The molecule has 1 aromatic carbocycles. The SMILES string of the molecule is COC1(C(=O)Nc2ccc(CN3C(=O)CSC3=O)cc2)CCNCC1. The molecule has 0 saturated carbocycles. The predicted octanol–water partition coefficient (Wildman–Crippen LogP) is 1.59. The van der Waals surface area contributed by atoms with Crippen molar-refractivity contribution in [3.63, 3.8) is 0 Å². The van der Waals surface area contributed by atoms with Crippen LogP contribution in [0.4, 0.5) is 10.5 Å². The Morgan fingerprint density at radius 2 is 1.96 bits per heavy atom. The minimum atomic E-state index is -0.796. The van der Waals surface area contributed by atoms with Gasteiger partial charge < -0.3 is 15.4 Å². The van der Waals surface area contributed by atoms with Crippen molar-refractivity contribution < 1.29 is 19.1 Å². The molecule has 2 heterocycles. The van der Waals surface area contributed by atoms with Gasteiger partial charge in [0.05, 0.1) is 12.3 Å². The third kappa shape index (κ3) is 3.86. The van der Waals surface area contributed by atoms with Crippen molar-refractivity contribution in [3.05, 3.63) is 29.8 Å². The fourth-order valence-electron chi connectivity index (χ4n) is 3.01. The van der Waals surface area contributed by atoms with Gasteiger partial charge in [-0.1, -0.05) is 23.9 Å². The Kier molecular flexibility index (Phi) is 5.41. The number of thioether (sulfide) groups is 1. The van der Waals surface area contributed by atoms with Gasteiger partial charge in [0.15, 0.2) is 0 Å².